The maximum absolute atomic E-state index is 12.4. The highest BCUT2D eigenvalue weighted by molar-refractivity contribution is 7.89. The van der Waals surface area contributed by atoms with E-state index in [1.807, 2.05) is 13.0 Å². The number of aryl methyl sites for hydroxylation is 1. The summed E-state index contributed by atoms with van der Waals surface area (Å²) in [7, 11) is -2.66. The van der Waals surface area contributed by atoms with Crippen LogP contribution in [0, 0.1) is 6.92 Å². The van der Waals surface area contributed by atoms with Crippen LogP contribution in [0.2, 0.25) is 5.02 Å². The van der Waals surface area contributed by atoms with Gasteiger partial charge in [-0.1, -0.05) is 35.9 Å². The van der Waals surface area contributed by atoms with E-state index in [0.29, 0.717) is 5.02 Å². The van der Waals surface area contributed by atoms with Gasteiger partial charge >= 0.3 is 5.97 Å². The van der Waals surface area contributed by atoms with Crippen LogP contribution >= 0.6 is 11.6 Å². The third kappa shape index (κ3) is 4.10. The predicted molar refractivity (Wildman–Crippen MR) is 88.0 cm³/mol. The zero-order valence-corrected chi connectivity index (χ0v) is 14.2. The second kappa shape index (κ2) is 7.12. The van der Waals surface area contributed by atoms with Crippen molar-refractivity contribution in [1.82, 2.24) is 4.72 Å². The van der Waals surface area contributed by atoms with Gasteiger partial charge in [-0.05, 0) is 36.2 Å². The van der Waals surface area contributed by atoms with E-state index >= 15 is 0 Å². The Kier molecular flexibility index (Phi) is 5.41. The van der Waals surface area contributed by atoms with Crippen LogP contribution in [0.15, 0.2) is 47.4 Å². The number of halogens is 1. The molecule has 0 unspecified atom stereocenters. The average molecular weight is 354 g/mol. The Bertz CT molecular complexity index is 834. The highest BCUT2D eigenvalue weighted by atomic mass is 35.5. The average Bonchev–Trinajstić information content (AvgIpc) is 2.55. The normalized spacial score (nSPS) is 11.3. The fraction of sp³-hybridized carbons (Fsp3) is 0.188. The first kappa shape index (κ1) is 17.5. The molecule has 122 valence electrons. The minimum Gasteiger partial charge on any atom is -0.465 e. The third-order valence-corrected chi connectivity index (χ3v) is 5.15. The van der Waals surface area contributed by atoms with Crippen molar-refractivity contribution < 1.29 is 17.9 Å². The Morgan fingerprint density at radius 1 is 1.22 bits per heavy atom. The smallest absolute Gasteiger partial charge is 0.339 e. The molecule has 0 amide bonds. The Balaban J connectivity index is 2.26. The lowest BCUT2D eigenvalue weighted by Crippen LogP contribution is -2.25. The van der Waals surface area contributed by atoms with Gasteiger partial charge in [0.25, 0.3) is 0 Å². The topological polar surface area (TPSA) is 72.5 Å². The summed E-state index contributed by atoms with van der Waals surface area (Å²) in [5.74, 6) is -0.704. The van der Waals surface area contributed by atoms with Crippen molar-refractivity contribution in [3.05, 3.63) is 64.2 Å². The van der Waals surface area contributed by atoms with E-state index < -0.39 is 16.0 Å². The molecule has 0 aliphatic carbocycles. The van der Waals surface area contributed by atoms with Crippen LogP contribution in [0.1, 0.15) is 21.5 Å². The minimum atomic E-state index is -3.86. The van der Waals surface area contributed by atoms with Crippen molar-refractivity contribution in [1.29, 1.82) is 0 Å². The number of hydrogen-bond acceptors (Lipinski definition) is 4. The first-order chi connectivity index (χ1) is 10.8. The van der Waals surface area contributed by atoms with Gasteiger partial charge in [0.15, 0.2) is 0 Å². The fourth-order valence-corrected chi connectivity index (χ4v) is 3.40. The van der Waals surface area contributed by atoms with Crippen LogP contribution in [0.3, 0.4) is 0 Å². The third-order valence-electron chi connectivity index (χ3n) is 3.28. The van der Waals surface area contributed by atoms with Crippen molar-refractivity contribution in [2.24, 2.45) is 0 Å². The van der Waals surface area contributed by atoms with Gasteiger partial charge in [-0.25, -0.2) is 17.9 Å². The van der Waals surface area contributed by atoms with Crippen LogP contribution < -0.4 is 4.72 Å². The number of nitrogens with one attached hydrogen (secondary N) is 1. The largest absolute Gasteiger partial charge is 0.465 e. The number of methoxy groups -OCH3 is 1. The second-order valence-electron chi connectivity index (χ2n) is 4.90. The molecule has 0 aliphatic heterocycles. The summed E-state index contributed by atoms with van der Waals surface area (Å²) in [6.45, 7) is 1.93. The van der Waals surface area contributed by atoms with E-state index in [1.165, 1.54) is 19.2 Å². The van der Waals surface area contributed by atoms with Crippen LogP contribution in [0.25, 0.3) is 0 Å². The van der Waals surface area contributed by atoms with Crippen LogP contribution in [0.4, 0.5) is 0 Å². The molecule has 0 aliphatic rings. The monoisotopic (exact) mass is 353 g/mol. The van der Waals surface area contributed by atoms with E-state index in [-0.39, 0.29) is 17.0 Å². The molecule has 0 fully saturated rings. The molecule has 23 heavy (non-hydrogen) atoms. The summed E-state index contributed by atoms with van der Waals surface area (Å²) in [6.07, 6.45) is 0. The van der Waals surface area contributed by atoms with Crippen molar-refractivity contribution in [3.8, 4) is 0 Å². The lowest BCUT2D eigenvalue weighted by molar-refractivity contribution is 0.0596. The molecule has 0 aromatic heterocycles. The number of ether oxygens (including phenoxy) is 1. The summed E-state index contributed by atoms with van der Waals surface area (Å²) in [5, 5.41) is 0.566. The SMILES string of the molecule is COC(=O)c1ccccc1S(=O)(=O)NCc1ccc(C)c(Cl)c1. The number of sulfonamides is 1. The lowest BCUT2D eigenvalue weighted by Gasteiger charge is -2.11. The number of benzene rings is 2. The van der Waals surface area contributed by atoms with Gasteiger partial charge < -0.3 is 4.74 Å². The minimum absolute atomic E-state index is 0.00978. The number of carbonyl (C=O) groups excluding carboxylic acids is 1. The van der Waals surface area contributed by atoms with Gasteiger partial charge in [-0.15, -0.1) is 0 Å². The molecule has 0 atom stereocenters. The zero-order valence-electron chi connectivity index (χ0n) is 12.7. The molecular weight excluding hydrogens is 338 g/mol. The zero-order chi connectivity index (χ0) is 17.0. The molecule has 0 saturated heterocycles. The number of carbonyl (C=O) groups is 1. The molecule has 7 heteroatoms. The van der Waals surface area contributed by atoms with Crippen LogP contribution in [-0.2, 0) is 21.3 Å². The van der Waals surface area contributed by atoms with Gasteiger partial charge in [-0.3, -0.25) is 0 Å². The summed E-state index contributed by atoms with van der Waals surface area (Å²) in [4.78, 5) is 11.6. The Labute approximate surface area is 140 Å². The summed E-state index contributed by atoms with van der Waals surface area (Å²) < 4.78 is 32.0. The van der Waals surface area contributed by atoms with E-state index in [0.717, 1.165) is 11.1 Å². The second-order valence-corrected chi connectivity index (χ2v) is 7.04. The van der Waals surface area contributed by atoms with Crippen molar-refractivity contribution in [2.75, 3.05) is 7.11 Å². The molecule has 0 radical (unpaired) electrons. The Morgan fingerprint density at radius 2 is 1.91 bits per heavy atom. The lowest BCUT2D eigenvalue weighted by atomic mass is 10.1. The number of rotatable bonds is 5. The molecule has 1 N–H and O–H groups in total. The van der Waals surface area contributed by atoms with Gasteiger partial charge in [0.1, 0.15) is 0 Å². The maximum Gasteiger partial charge on any atom is 0.339 e. The van der Waals surface area contributed by atoms with E-state index in [1.54, 1.807) is 24.3 Å². The predicted octanol–water partition coefficient (Wildman–Crippen LogP) is 2.91. The van der Waals surface area contributed by atoms with Crippen molar-refractivity contribution in [2.45, 2.75) is 18.4 Å². The molecular formula is C16H16ClNO4S. The summed E-state index contributed by atoms with van der Waals surface area (Å²) in [6, 6.07) is 11.2. The molecule has 0 heterocycles. The van der Waals surface area contributed by atoms with Crippen molar-refractivity contribution >= 4 is 27.6 Å². The summed E-state index contributed by atoms with van der Waals surface area (Å²) in [5.41, 5.74) is 1.62. The first-order valence-corrected chi connectivity index (χ1v) is 8.63. The van der Waals surface area contributed by atoms with Gasteiger partial charge in [0, 0.05) is 11.6 Å². The van der Waals surface area contributed by atoms with Crippen molar-refractivity contribution in [3.63, 3.8) is 0 Å². The molecule has 2 aromatic rings. The van der Waals surface area contributed by atoms with E-state index in [4.69, 9.17) is 11.6 Å². The Hall–Kier alpha value is -1.89. The van der Waals surface area contributed by atoms with Gasteiger partial charge in [-0.2, -0.15) is 0 Å². The molecule has 0 bridgehead atoms. The first-order valence-electron chi connectivity index (χ1n) is 6.77. The Morgan fingerprint density at radius 3 is 2.57 bits per heavy atom. The standard InChI is InChI=1S/C16H16ClNO4S/c1-11-7-8-12(9-14(11)17)10-18-23(20,21)15-6-4-3-5-13(15)16(19)22-2/h3-9,18H,10H2,1-2H3. The van der Waals surface area contributed by atoms with Gasteiger partial charge in [0.05, 0.1) is 17.6 Å². The van der Waals surface area contributed by atoms with E-state index in [9.17, 15) is 13.2 Å². The highest BCUT2D eigenvalue weighted by Gasteiger charge is 2.22. The molecule has 0 spiro atoms. The number of hydrogen-bond donors (Lipinski definition) is 1. The summed E-state index contributed by atoms with van der Waals surface area (Å²) >= 11 is 6.03. The maximum atomic E-state index is 12.4. The van der Waals surface area contributed by atoms with Crippen LogP contribution in [-0.4, -0.2) is 21.5 Å². The highest BCUT2D eigenvalue weighted by Crippen LogP contribution is 2.19. The molecule has 5 nitrogen and oxygen atoms in total. The quantitative estimate of drug-likeness (QED) is 0.839. The van der Waals surface area contributed by atoms with Gasteiger partial charge in [0.2, 0.25) is 10.0 Å². The fourth-order valence-electron chi connectivity index (χ4n) is 1.98. The van der Waals surface area contributed by atoms with E-state index in [2.05, 4.69) is 9.46 Å². The van der Waals surface area contributed by atoms with Crippen LogP contribution in [0.5, 0.6) is 0 Å². The molecule has 2 rings (SSSR count). The molecule has 0 saturated carbocycles. The molecule has 2 aromatic carbocycles. The number of esters is 1.